The van der Waals surface area contributed by atoms with Crippen molar-refractivity contribution < 1.29 is 13.2 Å². The second kappa shape index (κ2) is 9.19. The Labute approximate surface area is 174 Å². The van der Waals surface area contributed by atoms with Gasteiger partial charge in [0, 0.05) is 23.0 Å². The molecular weight excluding hydrogens is 406 g/mol. The van der Waals surface area contributed by atoms with Crippen LogP contribution in [0.15, 0.2) is 58.8 Å². The minimum Gasteiger partial charge on any atom is -0.332 e. The molecule has 0 spiro atoms. The number of unbranched alkanes of at least 4 members (excludes halogenated alkanes) is 1. The monoisotopic (exact) mass is 429 g/mol. The number of thiazole rings is 1. The SMILES string of the molecule is CCCCc1ccc(NC(=O)c2csc(Nc3ccc(S(C)(=O)=O)cc3)n2)cc1. The van der Waals surface area contributed by atoms with Gasteiger partial charge in [-0.15, -0.1) is 11.3 Å². The molecule has 0 unspecified atom stereocenters. The molecule has 2 aromatic carbocycles. The summed E-state index contributed by atoms with van der Waals surface area (Å²) in [5.74, 6) is -0.275. The van der Waals surface area contributed by atoms with E-state index in [-0.39, 0.29) is 10.8 Å². The molecule has 3 rings (SSSR count). The summed E-state index contributed by atoms with van der Waals surface area (Å²) in [6.07, 6.45) is 4.51. The summed E-state index contributed by atoms with van der Waals surface area (Å²) in [6.45, 7) is 2.16. The van der Waals surface area contributed by atoms with Crippen LogP contribution >= 0.6 is 11.3 Å². The second-order valence-corrected chi connectivity index (χ2v) is 9.59. The Morgan fingerprint density at radius 3 is 2.31 bits per heavy atom. The molecule has 0 aliphatic heterocycles. The third-order valence-electron chi connectivity index (χ3n) is 4.30. The van der Waals surface area contributed by atoms with E-state index in [1.807, 2.05) is 24.3 Å². The first-order chi connectivity index (χ1) is 13.8. The van der Waals surface area contributed by atoms with E-state index in [0.717, 1.165) is 24.9 Å². The fourth-order valence-corrected chi connectivity index (χ4v) is 4.02. The molecule has 0 radical (unpaired) electrons. The van der Waals surface area contributed by atoms with E-state index in [9.17, 15) is 13.2 Å². The summed E-state index contributed by atoms with van der Waals surface area (Å²) in [5.41, 5.74) is 3.00. The predicted molar refractivity (Wildman–Crippen MR) is 118 cm³/mol. The fraction of sp³-hybridized carbons (Fsp3) is 0.238. The van der Waals surface area contributed by atoms with Crippen LogP contribution in [0.3, 0.4) is 0 Å². The highest BCUT2D eigenvalue weighted by atomic mass is 32.2. The summed E-state index contributed by atoms with van der Waals surface area (Å²) < 4.78 is 23.0. The molecule has 3 aromatic rings. The maximum Gasteiger partial charge on any atom is 0.275 e. The summed E-state index contributed by atoms with van der Waals surface area (Å²) in [4.78, 5) is 17.0. The van der Waals surface area contributed by atoms with Gasteiger partial charge in [-0.2, -0.15) is 0 Å². The van der Waals surface area contributed by atoms with E-state index in [4.69, 9.17) is 0 Å². The van der Waals surface area contributed by atoms with Crippen LogP contribution in [0.2, 0.25) is 0 Å². The van der Waals surface area contributed by atoms with E-state index in [1.165, 1.54) is 35.3 Å². The van der Waals surface area contributed by atoms with Crippen molar-refractivity contribution in [3.8, 4) is 0 Å². The fourth-order valence-electron chi connectivity index (χ4n) is 2.68. The van der Waals surface area contributed by atoms with Gasteiger partial charge in [-0.1, -0.05) is 25.5 Å². The van der Waals surface area contributed by atoms with Crippen LogP contribution < -0.4 is 10.6 Å². The molecule has 0 saturated heterocycles. The zero-order chi connectivity index (χ0) is 20.9. The smallest absolute Gasteiger partial charge is 0.275 e. The van der Waals surface area contributed by atoms with Gasteiger partial charge in [0.2, 0.25) is 0 Å². The van der Waals surface area contributed by atoms with Crippen LogP contribution in [0, 0.1) is 0 Å². The van der Waals surface area contributed by atoms with Crippen molar-refractivity contribution in [2.24, 2.45) is 0 Å². The van der Waals surface area contributed by atoms with E-state index >= 15 is 0 Å². The van der Waals surface area contributed by atoms with E-state index in [0.29, 0.717) is 16.5 Å². The number of sulfone groups is 1. The number of nitrogens with zero attached hydrogens (tertiary/aromatic N) is 1. The third kappa shape index (κ3) is 5.88. The molecule has 152 valence electrons. The molecule has 1 aromatic heterocycles. The number of hydrogen-bond donors (Lipinski definition) is 2. The molecule has 0 bridgehead atoms. The van der Waals surface area contributed by atoms with Crippen LogP contribution in [0.25, 0.3) is 0 Å². The van der Waals surface area contributed by atoms with E-state index < -0.39 is 9.84 Å². The van der Waals surface area contributed by atoms with Crippen molar-refractivity contribution in [1.29, 1.82) is 0 Å². The number of aryl methyl sites for hydroxylation is 1. The van der Waals surface area contributed by atoms with Gasteiger partial charge < -0.3 is 10.6 Å². The lowest BCUT2D eigenvalue weighted by Gasteiger charge is -2.05. The lowest BCUT2D eigenvalue weighted by atomic mass is 10.1. The Balaban J connectivity index is 1.61. The zero-order valence-corrected chi connectivity index (χ0v) is 17.9. The van der Waals surface area contributed by atoms with Crippen molar-refractivity contribution in [1.82, 2.24) is 4.98 Å². The van der Waals surface area contributed by atoms with Crippen LogP contribution in [-0.2, 0) is 16.3 Å². The Morgan fingerprint density at radius 2 is 1.69 bits per heavy atom. The number of carbonyl (C=O) groups is 1. The van der Waals surface area contributed by atoms with Crippen LogP contribution in [0.5, 0.6) is 0 Å². The van der Waals surface area contributed by atoms with Gasteiger partial charge in [-0.3, -0.25) is 4.79 Å². The van der Waals surface area contributed by atoms with E-state index in [2.05, 4.69) is 22.5 Å². The Kier molecular flexibility index (Phi) is 6.66. The highest BCUT2D eigenvalue weighted by molar-refractivity contribution is 7.90. The van der Waals surface area contributed by atoms with Crippen LogP contribution in [-0.4, -0.2) is 25.6 Å². The largest absolute Gasteiger partial charge is 0.332 e. The van der Waals surface area contributed by atoms with Gasteiger partial charge >= 0.3 is 0 Å². The molecule has 6 nitrogen and oxygen atoms in total. The number of benzene rings is 2. The normalized spacial score (nSPS) is 11.2. The molecule has 1 amide bonds. The van der Waals surface area contributed by atoms with E-state index in [1.54, 1.807) is 17.5 Å². The number of amides is 1. The molecule has 1 heterocycles. The zero-order valence-electron chi connectivity index (χ0n) is 16.3. The Morgan fingerprint density at radius 1 is 1.03 bits per heavy atom. The lowest BCUT2D eigenvalue weighted by Crippen LogP contribution is -2.12. The molecular formula is C21H23N3O3S2. The number of anilines is 3. The standard InChI is InChI=1S/C21H23N3O3S2/c1-3-4-5-15-6-8-16(9-7-15)22-20(25)19-14-28-21(24-19)23-17-10-12-18(13-11-17)29(2,26)27/h6-14H,3-5H2,1-2H3,(H,22,25)(H,23,24). The highest BCUT2D eigenvalue weighted by Gasteiger charge is 2.12. The molecule has 0 fully saturated rings. The third-order valence-corrected chi connectivity index (χ3v) is 6.19. The quantitative estimate of drug-likeness (QED) is 0.532. The molecule has 0 aliphatic carbocycles. The van der Waals surface area contributed by atoms with Gasteiger partial charge in [-0.25, -0.2) is 13.4 Å². The van der Waals surface area contributed by atoms with Gasteiger partial charge in [0.15, 0.2) is 15.0 Å². The lowest BCUT2D eigenvalue weighted by molar-refractivity contribution is 0.102. The van der Waals surface area contributed by atoms with Gasteiger partial charge in [0.25, 0.3) is 5.91 Å². The summed E-state index contributed by atoms with van der Waals surface area (Å²) in [6, 6.07) is 14.2. The Bertz CT molecular complexity index is 1070. The highest BCUT2D eigenvalue weighted by Crippen LogP contribution is 2.23. The predicted octanol–water partition coefficient (Wildman–Crippen LogP) is 4.89. The molecule has 8 heteroatoms. The van der Waals surface area contributed by atoms with Crippen LogP contribution in [0.4, 0.5) is 16.5 Å². The minimum absolute atomic E-state index is 0.253. The van der Waals surface area contributed by atoms with Crippen LogP contribution in [0.1, 0.15) is 35.8 Å². The second-order valence-electron chi connectivity index (χ2n) is 6.71. The molecule has 0 atom stereocenters. The molecule has 29 heavy (non-hydrogen) atoms. The minimum atomic E-state index is -3.23. The number of carbonyl (C=O) groups excluding carboxylic acids is 1. The molecule has 2 N–H and O–H groups in total. The summed E-state index contributed by atoms with van der Waals surface area (Å²) >= 11 is 1.30. The number of aromatic nitrogens is 1. The summed E-state index contributed by atoms with van der Waals surface area (Å²) in [7, 11) is -3.23. The first-order valence-electron chi connectivity index (χ1n) is 9.28. The first kappa shape index (κ1) is 21.0. The van der Waals surface area contributed by atoms with Crippen molar-refractivity contribution in [2.45, 2.75) is 31.1 Å². The average Bonchev–Trinajstić information content (AvgIpc) is 3.16. The molecule has 0 aliphatic rings. The number of hydrogen-bond acceptors (Lipinski definition) is 6. The maximum atomic E-state index is 12.4. The van der Waals surface area contributed by atoms with Crippen molar-refractivity contribution in [2.75, 3.05) is 16.9 Å². The van der Waals surface area contributed by atoms with Gasteiger partial charge in [-0.05, 0) is 54.8 Å². The van der Waals surface area contributed by atoms with Crippen molar-refractivity contribution in [3.63, 3.8) is 0 Å². The average molecular weight is 430 g/mol. The topological polar surface area (TPSA) is 88.2 Å². The number of nitrogens with one attached hydrogen (secondary N) is 2. The Hall–Kier alpha value is -2.71. The maximum absolute atomic E-state index is 12.4. The van der Waals surface area contributed by atoms with Crippen molar-refractivity contribution in [3.05, 3.63) is 65.2 Å². The molecule has 0 saturated carbocycles. The summed E-state index contributed by atoms with van der Waals surface area (Å²) in [5, 5.41) is 8.17. The van der Waals surface area contributed by atoms with Gasteiger partial charge in [0.1, 0.15) is 5.69 Å². The first-order valence-corrected chi connectivity index (χ1v) is 12.1. The van der Waals surface area contributed by atoms with Gasteiger partial charge in [0.05, 0.1) is 4.90 Å². The van der Waals surface area contributed by atoms with Crippen molar-refractivity contribution >= 4 is 43.6 Å². The number of rotatable bonds is 8.